The van der Waals surface area contributed by atoms with Crippen molar-refractivity contribution in [1.29, 1.82) is 0 Å². The van der Waals surface area contributed by atoms with E-state index in [-0.39, 0.29) is 18.1 Å². The van der Waals surface area contributed by atoms with E-state index in [1.807, 2.05) is 26.0 Å². The second-order valence-corrected chi connectivity index (χ2v) is 7.47. The van der Waals surface area contributed by atoms with Crippen molar-refractivity contribution in [3.63, 3.8) is 0 Å². The maximum Gasteiger partial charge on any atom is 0.340 e. The Balaban J connectivity index is 1.56. The zero-order chi connectivity index (χ0) is 22.7. The first-order valence-corrected chi connectivity index (χ1v) is 10.1. The molecule has 0 aliphatic rings. The number of nitrogens with one attached hydrogen (secondary N) is 1. The van der Waals surface area contributed by atoms with Gasteiger partial charge in [-0.1, -0.05) is 30.3 Å². The van der Waals surface area contributed by atoms with Crippen molar-refractivity contribution in [1.82, 2.24) is 0 Å². The first kappa shape index (κ1) is 21.1. The van der Waals surface area contributed by atoms with Gasteiger partial charge in [0.25, 0.3) is 5.91 Å². The van der Waals surface area contributed by atoms with Gasteiger partial charge in [0.05, 0.1) is 11.3 Å². The van der Waals surface area contributed by atoms with E-state index in [0.717, 1.165) is 11.1 Å². The largest absolute Gasteiger partial charge is 0.457 e. The van der Waals surface area contributed by atoms with E-state index in [4.69, 9.17) is 9.15 Å². The molecule has 4 aromatic rings. The molecule has 160 valence electrons. The fraction of sp³-hybridized carbons (Fsp3) is 0.115. The van der Waals surface area contributed by atoms with Crippen LogP contribution < -0.4 is 10.9 Å². The zero-order valence-corrected chi connectivity index (χ0v) is 17.7. The van der Waals surface area contributed by atoms with E-state index >= 15 is 0 Å². The van der Waals surface area contributed by atoms with Gasteiger partial charge in [-0.3, -0.25) is 4.79 Å². The van der Waals surface area contributed by atoms with E-state index in [1.165, 1.54) is 6.07 Å². The Kier molecular flexibility index (Phi) is 5.85. The van der Waals surface area contributed by atoms with Gasteiger partial charge in [-0.15, -0.1) is 0 Å². The molecule has 0 bridgehead atoms. The average Bonchev–Trinajstić information content (AvgIpc) is 2.79. The van der Waals surface area contributed by atoms with Crippen LogP contribution in [0, 0.1) is 13.8 Å². The van der Waals surface area contributed by atoms with Gasteiger partial charge in [0.15, 0.2) is 0 Å². The smallest absolute Gasteiger partial charge is 0.340 e. The molecule has 1 amide bonds. The minimum absolute atomic E-state index is 0.107. The van der Waals surface area contributed by atoms with E-state index in [9.17, 15) is 14.4 Å². The summed E-state index contributed by atoms with van der Waals surface area (Å²) in [7, 11) is 0. The molecule has 1 N–H and O–H groups in total. The van der Waals surface area contributed by atoms with Gasteiger partial charge >= 0.3 is 11.6 Å². The molecule has 4 rings (SSSR count). The molecular formula is C26H21NO5. The Labute approximate surface area is 184 Å². The molecule has 0 aliphatic carbocycles. The third-order valence-corrected chi connectivity index (χ3v) is 5.23. The first-order valence-electron chi connectivity index (χ1n) is 10.1. The molecule has 0 saturated carbocycles. The van der Waals surface area contributed by atoms with Crippen molar-refractivity contribution in [2.75, 3.05) is 5.32 Å². The van der Waals surface area contributed by atoms with E-state index in [0.29, 0.717) is 27.8 Å². The van der Waals surface area contributed by atoms with Crippen molar-refractivity contribution in [3.8, 4) is 0 Å². The summed E-state index contributed by atoms with van der Waals surface area (Å²) in [6.07, 6.45) is 0. The molecular weight excluding hydrogens is 406 g/mol. The van der Waals surface area contributed by atoms with Crippen LogP contribution in [0.4, 0.5) is 5.69 Å². The lowest BCUT2D eigenvalue weighted by atomic mass is 10.0. The van der Waals surface area contributed by atoms with Gasteiger partial charge < -0.3 is 14.5 Å². The maximum atomic E-state index is 12.8. The Hall–Kier alpha value is -4.19. The highest BCUT2D eigenvalue weighted by molar-refractivity contribution is 6.08. The summed E-state index contributed by atoms with van der Waals surface area (Å²) in [5, 5.41) is 3.47. The molecule has 1 heterocycles. The second kappa shape index (κ2) is 8.89. The Morgan fingerprint density at radius 2 is 1.59 bits per heavy atom. The number of amides is 1. The molecule has 0 atom stereocenters. The summed E-state index contributed by atoms with van der Waals surface area (Å²) in [6.45, 7) is 3.79. The van der Waals surface area contributed by atoms with Crippen LogP contribution in [0.15, 0.2) is 82.0 Å². The summed E-state index contributed by atoms with van der Waals surface area (Å²) in [5.41, 5.74) is 3.56. The Morgan fingerprint density at radius 3 is 2.38 bits per heavy atom. The van der Waals surface area contributed by atoms with Crippen LogP contribution in [0.2, 0.25) is 0 Å². The van der Waals surface area contributed by atoms with Crippen LogP contribution in [0.25, 0.3) is 11.0 Å². The summed E-state index contributed by atoms with van der Waals surface area (Å²) >= 11 is 0. The van der Waals surface area contributed by atoms with Crippen LogP contribution in [0.1, 0.15) is 37.4 Å². The molecule has 1 aromatic heterocycles. The summed E-state index contributed by atoms with van der Waals surface area (Å²) in [5.74, 6) is -0.942. The summed E-state index contributed by atoms with van der Waals surface area (Å²) in [6, 6.07) is 20.4. The fourth-order valence-corrected chi connectivity index (χ4v) is 3.38. The Morgan fingerprint density at radius 1 is 0.906 bits per heavy atom. The number of hydrogen-bond donors (Lipinski definition) is 1. The lowest BCUT2D eigenvalue weighted by Crippen LogP contribution is -2.16. The average molecular weight is 427 g/mol. The number of esters is 1. The number of carbonyl (C=O) groups is 2. The molecule has 3 aromatic carbocycles. The van der Waals surface area contributed by atoms with Crippen molar-refractivity contribution in [2.45, 2.75) is 20.5 Å². The number of rotatable bonds is 5. The van der Waals surface area contributed by atoms with E-state index in [2.05, 4.69) is 5.32 Å². The number of benzene rings is 3. The van der Waals surface area contributed by atoms with Gasteiger partial charge in [-0.2, -0.15) is 0 Å². The number of ether oxygens (including phenoxy) is 1. The standard InChI is InChI=1S/C26H21NO5/c1-16-12-21-19(14-24(28)32-23(21)13-17(16)2)15-31-26(30)20-10-6-7-11-22(20)27-25(29)18-8-4-3-5-9-18/h3-14H,15H2,1-2H3,(H,27,29). The van der Waals surface area contributed by atoms with Crippen LogP contribution >= 0.6 is 0 Å². The highest BCUT2D eigenvalue weighted by Gasteiger charge is 2.16. The third-order valence-electron chi connectivity index (χ3n) is 5.23. The molecule has 0 spiro atoms. The van der Waals surface area contributed by atoms with E-state index < -0.39 is 11.6 Å². The lowest BCUT2D eigenvalue weighted by molar-refractivity contribution is 0.0475. The molecule has 0 unspecified atom stereocenters. The van der Waals surface area contributed by atoms with Crippen LogP contribution in [0.3, 0.4) is 0 Å². The monoisotopic (exact) mass is 427 g/mol. The molecule has 0 fully saturated rings. The molecule has 0 aliphatic heterocycles. The minimum Gasteiger partial charge on any atom is -0.457 e. The Bertz CT molecular complexity index is 1370. The number of anilines is 1. The quantitative estimate of drug-likeness (QED) is 0.357. The van der Waals surface area contributed by atoms with Crippen molar-refractivity contribution in [3.05, 3.63) is 111 Å². The fourth-order valence-electron chi connectivity index (χ4n) is 3.38. The maximum absolute atomic E-state index is 12.8. The van der Waals surface area contributed by atoms with Gasteiger partial charge in [-0.05, 0) is 61.4 Å². The summed E-state index contributed by atoms with van der Waals surface area (Å²) in [4.78, 5) is 37.3. The highest BCUT2D eigenvalue weighted by atomic mass is 16.5. The van der Waals surface area contributed by atoms with Crippen molar-refractivity contribution in [2.24, 2.45) is 0 Å². The van der Waals surface area contributed by atoms with Crippen LogP contribution in [-0.4, -0.2) is 11.9 Å². The number of fused-ring (bicyclic) bond motifs is 1. The van der Waals surface area contributed by atoms with E-state index in [1.54, 1.807) is 54.6 Å². The number of carbonyl (C=O) groups excluding carboxylic acids is 2. The van der Waals surface area contributed by atoms with Gasteiger partial charge in [0.2, 0.25) is 0 Å². The highest BCUT2D eigenvalue weighted by Crippen LogP contribution is 2.23. The molecule has 0 radical (unpaired) electrons. The molecule has 6 nitrogen and oxygen atoms in total. The zero-order valence-electron chi connectivity index (χ0n) is 17.7. The number of para-hydroxylation sites is 1. The predicted molar refractivity (Wildman–Crippen MR) is 122 cm³/mol. The van der Waals surface area contributed by atoms with Gasteiger partial charge in [0.1, 0.15) is 12.2 Å². The topological polar surface area (TPSA) is 85.6 Å². The van der Waals surface area contributed by atoms with Crippen molar-refractivity contribution < 1.29 is 18.7 Å². The first-order chi connectivity index (χ1) is 15.4. The van der Waals surface area contributed by atoms with Gasteiger partial charge in [0, 0.05) is 22.6 Å². The second-order valence-electron chi connectivity index (χ2n) is 7.47. The molecule has 32 heavy (non-hydrogen) atoms. The van der Waals surface area contributed by atoms with Crippen LogP contribution in [-0.2, 0) is 11.3 Å². The third kappa shape index (κ3) is 4.44. The van der Waals surface area contributed by atoms with Crippen LogP contribution in [0.5, 0.6) is 0 Å². The normalized spacial score (nSPS) is 10.7. The number of hydrogen-bond acceptors (Lipinski definition) is 5. The number of aryl methyl sites for hydroxylation is 2. The molecule has 6 heteroatoms. The van der Waals surface area contributed by atoms with Crippen molar-refractivity contribution >= 4 is 28.5 Å². The lowest BCUT2D eigenvalue weighted by Gasteiger charge is -2.12. The molecule has 0 saturated heterocycles. The summed E-state index contributed by atoms with van der Waals surface area (Å²) < 4.78 is 10.8. The van der Waals surface area contributed by atoms with Gasteiger partial charge in [-0.25, -0.2) is 9.59 Å². The SMILES string of the molecule is Cc1cc2oc(=O)cc(COC(=O)c3ccccc3NC(=O)c3ccccc3)c2cc1C. The minimum atomic E-state index is -0.612. The predicted octanol–water partition coefficient (Wildman–Crippen LogP) is 5.02.